The molecule has 8 rings (SSSR count). The maximum atomic E-state index is 13.3. The molecule has 8 aliphatic rings. The Labute approximate surface area is 524 Å². The van der Waals surface area contributed by atoms with Crippen LogP contribution in [0.1, 0.15) is 132 Å². The first kappa shape index (κ1) is 67.7. The van der Waals surface area contributed by atoms with Gasteiger partial charge in [0.25, 0.3) is 64.6 Å². The number of aliphatic hydroxyl groups excluding tert-OH is 3. The Hall–Kier alpha value is -9.19. The fourth-order valence-corrected chi connectivity index (χ4v) is 14.7. The van der Waals surface area contributed by atoms with Crippen molar-refractivity contribution in [1.29, 1.82) is 0 Å². The number of rotatable bonds is 17. The van der Waals surface area contributed by atoms with E-state index in [2.05, 4.69) is 0 Å². The van der Waals surface area contributed by atoms with Gasteiger partial charge in [0.1, 0.15) is 33.4 Å². The van der Waals surface area contributed by atoms with E-state index in [1.165, 1.54) is 54.7 Å². The average Bonchev–Trinajstić information content (AvgIpc) is 0.791. The van der Waals surface area contributed by atoms with Crippen molar-refractivity contribution in [2.24, 2.45) is 0 Å². The maximum absolute atomic E-state index is 13.3. The van der Waals surface area contributed by atoms with Gasteiger partial charge in [0.05, 0.1) is 0 Å². The van der Waals surface area contributed by atoms with Gasteiger partial charge in [0, 0.05) is 75.5 Å². The number of amides is 4. The highest BCUT2D eigenvalue weighted by Crippen LogP contribution is 2.48. The molecular formula is C61H70N4O24S2. The van der Waals surface area contributed by atoms with Crippen molar-refractivity contribution in [2.45, 2.75) is 180 Å². The van der Waals surface area contributed by atoms with E-state index in [1.54, 1.807) is 55.4 Å². The van der Waals surface area contributed by atoms with Crippen LogP contribution in [0.4, 0.5) is 0 Å². The highest BCUT2D eigenvalue weighted by atomic mass is 32.2. The SMILES string of the molecule is CCC(C)N1C(=O)C(=C/C=C/C=C/C2=C(O)OC3(CCC4(CC3)OC(=O)C(=C/C=C/C=C/C3=C(O)OC5(CCC6(CC5)OC(=O)C(/C=C/C=C/C=C5C(=O)N(C(C)CC)S(=O)(=O)N(C(C)CC)C5=O)=C(O)O6)OC3=O)C(=O)O4)OC2=O)C(=O)N(C(C)CC)S1(=O)=O. The third-order valence-corrected chi connectivity index (χ3v) is 20.6. The van der Waals surface area contributed by atoms with Crippen molar-refractivity contribution in [3.05, 3.63) is 142 Å². The summed E-state index contributed by atoms with van der Waals surface area (Å²) in [6, 6.07) is -2.96. The molecule has 4 amide bonds. The van der Waals surface area contributed by atoms with E-state index >= 15 is 0 Å². The van der Waals surface area contributed by atoms with E-state index in [0.717, 1.165) is 36.5 Å². The van der Waals surface area contributed by atoms with Crippen molar-refractivity contribution in [2.75, 3.05) is 0 Å². The molecule has 4 atom stereocenters. The second-order valence-electron chi connectivity index (χ2n) is 22.5. The molecule has 3 N–H and O–H groups in total. The van der Waals surface area contributed by atoms with Crippen LogP contribution in [0.15, 0.2) is 142 Å². The van der Waals surface area contributed by atoms with E-state index in [1.807, 2.05) is 0 Å². The summed E-state index contributed by atoms with van der Waals surface area (Å²) in [5, 5.41) is 32.5. The van der Waals surface area contributed by atoms with Crippen molar-refractivity contribution >= 4 is 73.9 Å². The number of hydrogen-bond acceptors (Lipinski definition) is 24. The second-order valence-corrected chi connectivity index (χ2v) is 25.8. The average molecular weight is 1310 g/mol. The quantitative estimate of drug-likeness (QED) is 0.0480. The molecule has 28 nitrogen and oxygen atoms in total. The topological polar surface area (TPSA) is 369 Å². The fraction of sp³-hybridized carbons (Fsp3) is 0.459. The minimum absolute atomic E-state index is 0.176. The molecule has 0 aromatic carbocycles. The van der Waals surface area contributed by atoms with Crippen molar-refractivity contribution in [1.82, 2.24) is 17.2 Å². The molecule has 0 bridgehead atoms. The highest BCUT2D eigenvalue weighted by molar-refractivity contribution is 7.88. The minimum atomic E-state index is -4.44. The lowest BCUT2D eigenvalue weighted by Gasteiger charge is -2.46. The summed E-state index contributed by atoms with van der Waals surface area (Å²) in [4.78, 5) is 119. The molecule has 0 aromatic rings. The third kappa shape index (κ3) is 13.2. The molecule has 91 heavy (non-hydrogen) atoms. The van der Waals surface area contributed by atoms with Gasteiger partial charge in [-0.2, -0.15) is 16.8 Å². The molecule has 0 radical (unpaired) electrons. The summed E-state index contributed by atoms with van der Waals surface area (Å²) in [6.45, 7) is 13.0. The zero-order valence-corrected chi connectivity index (χ0v) is 52.6. The molecule has 0 aromatic heterocycles. The molecule has 490 valence electrons. The van der Waals surface area contributed by atoms with E-state index in [-0.39, 0.29) is 51.4 Å². The van der Waals surface area contributed by atoms with Crippen LogP contribution >= 0.6 is 0 Å². The first-order valence-electron chi connectivity index (χ1n) is 29.4. The van der Waals surface area contributed by atoms with Gasteiger partial charge in [-0.25, -0.2) is 41.2 Å². The standard InChI is InChI=1S/C61H70N4O24S2/c1-9-36(5)62-46(66)40(47(67)63(37(6)10-2)90(62,78)79)22-16-13-18-24-42-50(70)82-58(83-51(42)71)28-32-60(33-29-58)86-54(74)44(55(75)87-60)26-20-15-21-27-45-56(76)88-61(89-57(45)77)34-30-59(31-35-61)84-52(72)43(53(73)85-59)25-19-14-17-23-41-48(68)64(38(7)11-3)91(80,81)65(49(41)69)39(8)12-4/h13-27,36-39,70,72,74H,9-12,28-35H2,1-8H3/b16-13+,17-14+,21-15+,24-18+,25-19+,26-20+,40-22?,41-23?,45-27?. The number of aliphatic hydroxyl groups is 3. The smallest absolute Gasteiger partial charge is 0.348 e. The molecule has 2 aliphatic carbocycles. The predicted molar refractivity (Wildman–Crippen MR) is 314 cm³/mol. The fourth-order valence-electron chi connectivity index (χ4n) is 10.7. The Morgan fingerprint density at radius 3 is 0.802 bits per heavy atom. The van der Waals surface area contributed by atoms with Crippen LogP contribution in [0.5, 0.6) is 0 Å². The molecule has 4 unspecified atom stereocenters. The van der Waals surface area contributed by atoms with Crippen LogP contribution in [-0.2, 0) is 101 Å². The van der Waals surface area contributed by atoms with Crippen molar-refractivity contribution in [3.63, 3.8) is 0 Å². The Morgan fingerprint density at radius 1 is 0.352 bits per heavy atom. The summed E-state index contributed by atoms with van der Waals surface area (Å²) in [5.41, 5.74) is -2.49. The third-order valence-electron chi connectivity index (χ3n) is 16.5. The Bertz CT molecular complexity index is 3610. The molecule has 3 saturated heterocycles. The van der Waals surface area contributed by atoms with Crippen molar-refractivity contribution < 1.29 is 113 Å². The van der Waals surface area contributed by atoms with Crippen LogP contribution in [0, 0.1) is 0 Å². The summed E-state index contributed by atoms with van der Waals surface area (Å²) in [7, 11) is -8.88. The molecular weight excluding hydrogens is 1240 g/mol. The van der Waals surface area contributed by atoms with Crippen LogP contribution < -0.4 is 0 Å². The van der Waals surface area contributed by atoms with Gasteiger partial charge in [-0.05, 0) is 89.8 Å². The Morgan fingerprint density at radius 2 is 0.571 bits per heavy atom. The lowest BCUT2D eigenvalue weighted by atomic mass is 9.87. The van der Waals surface area contributed by atoms with Crippen LogP contribution in [0.25, 0.3) is 0 Å². The number of carbonyl (C=O) groups is 9. The van der Waals surface area contributed by atoms with E-state index in [9.17, 15) is 75.3 Å². The summed E-state index contributed by atoms with van der Waals surface area (Å²) >= 11 is 0. The van der Waals surface area contributed by atoms with Crippen LogP contribution in [0.2, 0.25) is 0 Å². The largest absolute Gasteiger partial charge is 0.480 e. The number of allylic oxidation sites excluding steroid dienone is 12. The van der Waals surface area contributed by atoms with Gasteiger partial charge in [-0.15, -0.1) is 0 Å². The summed E-state index contributed by atoms with van der Waals surface area (Å²) < 4.78 is 101. The molecule has 6 heterocycles. The lowest BCUT2D eigenvalue weighted by Crippen LogP contribution is -2.61. The minimum Gasteiger partial charge on any atom is -0.480 e. The maximum Gasteiger partial charge on any atom is 0.348 e. The molecule has 4 spiro atoms. The van der Waals surface area contributed by atoms with Gasteiger partial charge >= 0.3 is 50.3 Å². The number of esters is 5. The lowest BCUT2D eigenvalue weighted by molar-refractivity contribution is -0.302. The van der Waals surface area contributed by atoms with Crippen molar-refractivity contribution in [3.8, 4) is 0 Å². The normalized spacial score (nSPS) is 24.4. The van der Waals surface area contributed by atoms with E-state index in [4.69, 9.17) is 37.9 Å². The first-order valence-corrected chi connectivity index (χ1v) is 32.2. The zero-order chi connectivity index (χ0) is 66.8. The number of ether oxygens (including phenoxy) is 8. The molecule has 6 aliphatic heterocycles. The second kappa shape index (κ2) is 26.3. The van der Waals surface area contributed by atoms with Gasteiger partial charge in [-0.1, -0.05) is 82.4 Å². The van der Waals surface area contributed by atoms with Gasteiger partial charge in [-0.3, -0.25) is 19.2 Å². The predicted octanol–water partition coefficient (Wildman–Crippen LogP) is 6.19. The van der Waals surface area contributed by atoms with Crippen LogP contribution in [-0.4, -0.2) is 150 Å². The Balaban J connectivity index is 0.815. The highest BCUT2D eigenvalue weighted by Gasteiger charge is 2.58. The number of nitrogens with zero attached hydrogens (tertiary/aromatic N) is 4. The monoisotopic (exact) mass is 1310 g/mol. The van der Waals surface area contributed by atoms with Gasteiger partial charge in [0.2, 0.25) is 0 Å². The number of hydrogen-bond donors (Lipinski definition) is 3. The first-order chi connectivity index (χ1) is 42.9. The molecule has 30 heteroatoms. The number of carbonyl (C=O) groups excluding carboxylic acids is 9. The van der Waals surface area contributed by atoms with E-state index in [0.29, 0.717) is 42.9 Å². The summed E-state index contributed by atoms with van der Waals surface area (Å²) in [5.74, 6) is -18.4. The van der Waals surface area contributed by atoms with E-state index < -0.39 is 172 Å². The summed E-state index contributed by atoms with van der Waals surface area (Å²) in [6.07, 6.45) is 18.0. The zero-order valence-electron chi connectivity index (χ0n) is 51.0. The van der Waals surface area contributed by atoms with Gasteiger partial charge < -0.3 is 53.2 Å². The molecule has 2 saturated carbocycles. The van der Waals surface area contributed by atoms with Crippen LogP contribution in [0.3, 0.4) is 0 Å². The van der Waals surface area contributed by atoms with Gasteiger partial charge in [0.15, 0.2) is 0 Å². The Kier molecular flexibility index (Phi) is 19.6. The molecule has 5 fully saturated rings.